The lowest BCUT2D eigenvalue weighted by atomic mass is 10.1. The SMILES string of the molecule is [CH2]CCC(F)(F)C[C@H](F)C(F)F. The molecule has 0 unspecified atom stereocenters. The molecule has 0 aromatic heterocycles. The Balaban J connectivity index is 3.87. The molecule has 0 bridgehead atoms. The molecule has 0 rings (SSSR count). The molecule has 0 aliphatic carbocycles. The second-order valence-electron chi connectivity index (χ2n) is 2.51. The minimum atomic E-state index is -3.36. The van der Waals surface area contributed by atoms with Crippen LogP contribution in [-0.2, 0) is 0 Å². The van der Waals surface area contributed by atoms with Gasteiger partial charge in [0, 0.05) is 12.8 Å². The Hall–Kier alpha value is -0.350. The van der Waals surface area contributed by atoms with Gasteiger partial charge in [-0.15, -0.1) is 0 Å². The molecule has 0 N–H and O–H groups in total. The van der Waals surface area contributed by atoms with E-state index in [0.29, 0.717) is 0 Å². The van der Waals surface area contributed by atoms with Gasteiger partial charge < -0.3 is 0 Å². The molecular formula is C7H10F5. The van der Waals surface area contributed by atoms with Gasteiger partial charge in [0.2, 0.25) is 0 Å². The standard InChI is InChI=1S/C7H10F5/c1-2-3-7(11,12)4-5(8)6(9)10/h5-6H,1-4H2/t5-/m0/s1. The van der Waals surface area contributed by atoms with Crippen LogP contribution >= 0.6 is 0 Å². The van der Waals surface area contributed by atoms with E-state index in [1.807, 2.05) is 0 Å². The van der Waals surface area contributed by atoms with Crippen LogP contribution in [-0.4, -0.2) is 18.5 Å². The highest BCUT2D eigenvalue weighted by atomic mass is 19.3. The Labute approximate surface area is 67.8 Å². The van der Waals surface area contributed by atoms with Gasteiger partial charge in [-0.2, -0.15) is 0 Å². The molecule has 5 heteroatoms. The quantitative estimate of drug-likeness (QED) is 0.582. The van der Waals surface area contributed by atoms with E-state index in [9.17, 15) is 22.0 Å². The van der Waals surface area contributed by atoms with Gasteiger partial charge in [-0.3, -0.25) is 0 Å². The van der Waals surface area contributed by atoms with Gasteiger partial charge in [-0.1, -0.05) is 6.92 Å². The van der Waals surface area contributed by atoms with Crippen molar-refractivity contribution in [3.63, 3.8) is 0 Å². The molecule has 0 aromatic carbocycles. The van der Waals surface area contributed by atoms with E-state index in [2.05, 4.69) is 6.92 Å². The molecule has 73 valence electrons. The van der Waals surface area contributed by atoms with Crippen molar-refractivity contribution >= 4 is 0 Å². The molecular weight excluding hydrogens is 179 g/mol. The van der Waals surface area contributed by atoms with Crippen LogP contribution in [0.5, 0.6) is 0 Å². The Kier molecular flexibility index (Phi) is 4.49. The third-order valence-electron chi connectivity index (χ3n) is 1.31. The number of alkyl halides is 5. The topological polar surface area (TPSA) is 0 Å². The molecule has 12 heavy (non-hydrogen) atoms. The van der Waals surface area contributed by atoms with Crippen LogP contribution in [0.25, 0.3) is 0 Å². The molecule has 0 nitrogen and oxygen atoms in total. The van der Waals surface area contributed by atoms with Crippen LogP contribution in [0, 0.1) is 6.92 Å². The second-order valence-corrected chi connectivity index (χ2v) is 2.51. The zero-order valence-electron chi connectivity index (χ0n) is 6.37. The van der Waals surface area contributed by atoms with E-state index >= 15 is 0 Å². The molecule has 0 aromatic rings. The zero-order valence-corrected chi connectivity index (χ0v) is 6.37. The van der Waals surface area contributed by atoms with Crippen LogP contribution in [0.15, 0.2) is 0 Å². The third-order valence-corrected chi connectivity index (χ3v) is 1.31. The van der Waals surface area contributed by atoms with Crippen molar-refractivity contribution in [2.75, 3.05) is 0 Å². The summed E-state index contributed by atoms with van der Waals surface area (Å²) in [6, 6.07) is 0. The fourth-order valence-corrected chi connectivity index (χ4v) is 0.735. The van der Waals surface area contributed by atoms with E-state index in [0.717, 1.165) is 0 Å². The third kappa shape index (κ3) is 4.51. The van der Waals surface area contributed by atoms with Crippen LogP contribution in [0.4, 0.5) is 22.0 Å². The van der Waals surface area contributed by atoms with E-state index < -0.39 is 31.4 Å². The smallest absolute Gasteiger partial charge is 0.241 e. The number of halogens is 5. The Morgan fingerprint density at radius 2 is 1.67 bits per heavy atom. The van der Waals surface area contributed by atoms with Crippen LogP contribution in [0.2, 0.25) is 0 Å². The highest BCUT2D eigenvalue weighted by Gasteiger charge is 2.35. The maximum absolute atomic E-state index is 12.4. The van der Waals surface area contributed by atoms with Crippen molar-refractivity contribution in [3.8, 4) is 0 Å². The molecule has 1 radical (unpaired) electrons. The molecule has 0 saturated heterocycles. The second kappa shape index (κ2) is 4.62. The largest absolute Gasteiger partial charge is 0.269 e. The molecule has 0 heterocycles. The summed E-state index contributed by atoms with van der Waals surface area (Å²) in [5, 5.41) is 0. The van der Waals surface area contributed by atoms with Gasteiger partial charge in [0.05, 0.1) is 0 Å². The number of rotatable bonds is 5. The molecule has 0 amide bonds. The average Bonchev–Trinajstić information content (AvgIpc) is 1.85. The van der Waals surface area contributed by atoms with Crippen molar-refractivity contribution < 1.29 is 22.0 Å². The fourth-order valence-electron chi connectivity index (χ4n) is 0.735. The Morgan fingerprint density at radius 1 is 1.17 bits per heavy atom. The molecule has 0 fully saturated rings. The number of hydrogen-bond acceptors (Lipinski definition) is 0. The summed E-state index contributed by atoms with van der Waals surface area (Å²) in [6.07, 6.45) is -8.24. The maximum Gasteiger partial charge on any atom is 0.269 e. The maximum atomic E-state index is 12.4. The summed E-state index contributed by atoms with van der Waals surface area (Å²) in [6.45, 7) is 3.13. The van der Waals surface area contributed by atoms with Crippen LogP contribution < -0.4 is 0 Å². The monoisotopic (exact) mass is 189 g/mol. The summed E-state index contributed by atoms with van der Waals surface area (Å²) in [4.78, 5) is 0. The minimum absolute atomic E-state index is 0.0943. The lowest BCUT2D eigenvalue weighted by molar-refractivity contribution is -0.0652. The van der Waals surface area contributed by atoms with Gasteiger partial charge in [-0.25, -0.2) is 22.0 Å². The zero-order chi connectivity index (χ0) is 9.78. The average molecular weight is 189 g/mol. The van der Waals surface area contributed by atoms with Crippen molar-refractivity contribution in [1.82, 2.24) is 0 Å². The van der Waals surface area contributed by atoms with E-state index in [1.54, 1.807) is 0 Å². The molecule has 0 saturated carbocycles. The molecule has 0 spiro atoms. The molecule has 0 aliphatic rings. The van der Waals surface area contributed by atoms with Gasteiger partial charge in [-0.05, 0) is 6.42 Å². The van der Waals surface area contributed by atoms with Gasteiger partial charge in [0.1, 0.15) is 0 Å². The first-order valence-corrected chi connectivity index (χ1v) is 3.48. The first-order chi connectivity index (χ1) is 5.39. The highest BCUT2D eigenvalue weighted by molar-refractivity contribution is 4.73. The van der Waals surface area contributed by atoms with Crippen molar-refractivity contribution in [2.45, 2.75) is 37.8 Å². The van der Waals surface area contributed by atoms with Gasteiger partial charge in [0.25, 0.3) is 12.3 Å². The van der Waals surface area contributed by atoms with Gasteiger partial charge in [0.15, 0.2) is 6.17 Å². The Bertz CT molecular complexity index is 123. The summed E-state index contributed by atoms with van der Waals surface area (Å²) in [5.41, 5.74) is 0. The first-order valence-electron chi connectivity index (χ1n) is 3.48. The van der Waals surface area contributed by atoms with Crippen LogP contribution in [0.1, 0.15) is 19.3 Å². The normalized spacial score (nSPS) is 15.2. The first kappa shape index (κ1) is 11.6. The fraction of sp³-hybridized carbons (Fsp3) is 0.857. The summed E-state index contributed by atoms with van der Waals surface area (Å²) in [5.74, 6) is -3.36. The van der Waals surface area contributed by atoms with Crippen molar-refractivity contribution in [3.05, 3.63) is 6.92 Å². The predicted molar refractivity (Wildman–Crippen MR) is 35.1 cm³/mol. The van der Waals surface area contributed by atoms with Crippen molar-refractivity contribution in [1.29, 1.82) is 0 Å². The van der Waals surface area contributed by atoms with Crippen molar-refractivity contribution in [2.24, 2.45) is 0 Å². The van der Waals surface area contributed by atoms with E-state index in [-0.39, 0.29) is 6.42 Å². The Morgan fingerprint density at radius 3 is 2.00 bits per heavy atom. The lowest BCUT2D eigenvalue weighted by Crippen LogP contribution is -2.25. The molecule has 1 atom stereocenters. The van der Waals surface area contributed by atoms with E-state index in [1.165, 1.54) is 0 Å². The van der Waals surface area contributed by atoms with Gasteiger partial charge >= 0.3 is 0 Å². The van der Waals surface area contributed by atoms with E-state index in [4.69, 9.17) is 0 Å². The summed E-state index contributed by atoms with van der Waals surface area (Å²) < 4.78 is 59.9. The predicted octanol–water partition coefficient (Wildman–Crippen LogP) is 3.23. The summed E-state index contributed by atoms with van der Waals surface area (Å²) >= 11 is 0. The molecule has 0 aliphatic heterocycles. The summed E-state index contributed by atoms with van der Waals surface area (Å²) in [7, 11) is 0. The number of hydrogen-bond donors (Lipinski definition) is 0. The van der Waals surface area contributed by atoms with Crippen LogP contribution in [0.3, 0.4) is 0 Å². The highest BCUT2D eigenvalue weighted by Crippen LogP contribution is 2.28. The minimum Gasteiger partial charge on any atom is -0.241 e. The lowest BCUT2D eigenvalue weighted by Gasteiger charge is -2.17.